The lowest BCUT2D eigenvalue weighted by Crippen LogP contribution is -2.58. The Morgan fingerprint density at radius 3 is 2.31 bits per heavy atom. The largest absolute Gasteiger partial charge is 0.573 e. The second kappa shape index (κ2) is 10.8. The molecule has 0 aliphatic heterocycles. The van der Waals surface area contributed by atoms with Gasteiger partial charge in [0, 0.05) is 5.56 Å². The Kier molecular flexibility index (Phi) is 8.11. The Hall–Kier alpha value is -1.31. The SMILES string of the molecule is CC(CCCC(O)c1ccccc1OC(F)(F)F)[C@H]1CC[C@H]2[C@@H]3CC[C@H]4[C@@H](O)[C@@H](O)CC[C@]4(C)[C@H]3CC[C@]12C. The Balaban J connectivity index is 1.20. The third kappa shape index (κ3) is 5.37. The Morgan fingerprint density at radius 1 is 0.897 bits per heavy atom. The Labute approximate surface area is 231 Å². The van der Waals surface area contributed by atoms with Gasteiger partial charge in [-0.1, -0.05) is 51.8 Å². The van der Waals surface area contributed by atoms with Gasteiger partial charge in [0.15, 0.2) is 0 Å². The minimum absolute atomic E-state index is 0.120. The molecule has 39 heavy (non-hydrogen) atoms. The molecule has 4 fully saturated rings. The number of benzene rings is 1. The predicted molar refractivity (Wildman–Crippen MR) is 144 cm³/mol. The van der Waals surface area contributed by atoms with Gasteiger partial charge in [-0.2, -0.15) is 0 Å². The number of para-hydroxylation sites is 1. The van der Waals surface area contributed by atoms with E-state index in [1.807, 2.05) is 0 Å². The topological polar surface area (TPSA) is 69.9 Å². The number of aliphatic hydroxyl groups is 3. The summed E-state index contributed by atoms with van der Waals surface area (Å²) in [6.45, 7) is 7.23. The van der Waals surface area contributed by atoms with Crippen LogP contribution in [0.1, 0.15) is 103 Å². The molecule has 4 saturated carbocycles. The number of ether oxygens (including phenoxy) is 1. The molecule has 1 aromatic rings. The molecule has 0 spiro atoms. The highest BCUT2D eigenvalue weighted by Gasteiger charge is 2.61. The summed E-state index contributed by atoms with van der Waals surface area (Å²) in [5.41, 5.74) is 0.607. The molecule has 0 amide bonds. The van der Waals surface area contributed by atoms with Crippen LogP contribution < -0.4 is 4.74 Å². The van der Waals surface area contributed by atoms with E-state index in [0.29, 0.717) is 47.8 Å². The first-order valence-corrected chi connectivity index (χ1v) is 15.2. The molecule has 0 radical (unpaired) electrons. The van der Waals surface area contributed by atoms with Gasteiger partial charge in [-0.25, -0.2) is 0 Å². The average Bonchev–Trinajstić information content (AvgIpc) is 3.23. The fourth-order valence-electron chi connectivity index (χ4n) is 10.3. The number of halogens is 3. The number of alkyl halides is 3. The van der Waals surface area contributed by atoms with E-state index < -0.39 is 24.7 Å². The summed E-state index contributed by atoms with van der Waals surface area (Å²) in [6.07, 6.45) is 3.95. The van der Waals surface area contributed by atoms with Gasteiger partial charge in [0.2, 0.25) is 0 Å². The summed E-state index contributed by atoms with van der Waals surface area (Å²) in [5, 5.41) is 31.9. The molecular weight excluding hydrogens is 505 g/mol. The van der Waals surface area contributed by atoms with Crippen LogP contribution in [-0.4, -0.2) is 33.9 Å². The van der Waals surface area contributed by atoms with Gasteiger partial charge >= 0.3 is 6.36 Å². The maximum atomic E-state index is 12.8. The van der Waals surface area contributed by atoms with Gasteiger partial charge in [-0.3, -0.25) is 0 Å². The van der Waals surface area contributed by atoms with E-state index in [1.165, 1.54) is 43.9 Å². The van der Waals surface area contributed by atoms with E-state index in [0.717, 1.165) is 32.1 Å². The van der Waals surface area contributed by atoms with Crippen molar-refractivity contribution in [1.29, 1.82) is 0 Å². The highest BCUT2D eigenvalue weighted by atomic mass is 19.4. The molecular formula is C32H47F3O4. The molecule has 0 bridgehead atoms. The van der Waals surface area contributed by atoms with Crippen molar-refractivity contribution in [1.82, 2.24) is 0 Å². The third-order valence-electron chi connectivity index (χ3n) is 12.1. The lowest BCUT2D eigenvalue weighted by molar-refractivity contribution is -0.275. The van der Waals surface area contributed by atoms with Crippen molar-refractivity contribution in [2.75, 3.05) is 0 Å². The molecule has 5 rings (SSSR count). The van der Waals surface area contributed by atoms with Crippen LogP contribution in [-0.2, 0) is 0 Å². The minimum Gasteiger partial charge on any atom is -0.405 e. The average molecular weight is 553 g/mol. The first-order valence-electron chi connectivity index (χ1n) is 15.2. The number of fused-ring (bicyclic) bond motifs is 5. The highest BCUT2D eigenvalue weighted by Crippen LogP contribution is 2.68. The van der Waals surface area contributed by atoms with Gasteiger partial charge < -0.3 is 20.1 Å². The molecule has 0 heterocycles. The van der Waals surface area contributed by atoms with Crippen molar-refractivity contribution < 1.29 is 33.2 Å². The van der Waals surface area contributed by atoms with Gasteiger partial charge in [0.05, 0.1) is 18.3 Å². The molecule has 7 heteroatoms. The summed E-state index contributed by atoms with van der Waals surface area (Å²) in [5.74, 6) is 3.01. The van der Waals surface area contributed by atoms with E-state index in [9.17, 15) is 28.5 Å². The summed E-state index contributed by atoms with van der Waals surface area (Å²) < 4.78 is 42.5. The first-order chi connectivity index (χ1) is 18.3. The van der Waals surface area contributed by atoms with E-state index in [-0.39, 0.29) is 22.6 Å². The molecule has 4 aliphatic carbocycles. The van der Waals surface area contributed by atoms with Crippen molar-refractivity contribution >= 4 is 0 Å². The zero-order valence-electron chi connectivity index (χ0n) is 23.7. The molecule has 4 nitrogen and oxygen atoms in total. The van der Waals surface area contributed by atoms with E-state index in [1.54, 1.807) is 6.07 Å². The van der Waals surface area contributed by atoms with Crippen LogP contribution in [0.5, 0.6) is 5.75 Å². The number of rotatable bonds is 7. The lowest BCUT2D eigenvalue weighted by Gasteiger charge is -2.62. The summed E-state index contributed by atoms with van der Waals surface area (Å²) in [6, 6.07) is 5.88. The molecule has 1 aromatic carbocycles. The van der Waals surface area contributed by atoms with Gasteiger partial charge in [0.25, 0.3) is 0 Å². The standard InChI is InChI=1S/C32H47F3O4/c1-19(7-6-9-26(36)21-8-4-5-10-28(21)39-32(33,34)35)22-13-14-23-20-11-12-25-29(38)27(37)16-18-31(25,3)24(20)15-17-30(22,23)2/h4-5,8,10,19-20,22-27,29,36-38H,6-7,9,11-18H2,1-3H3/t19?,20-,22+,23-,24-,25-,26?,27-,29+,30+,31+/m0/s1. The van der Waals surface area contributed by atoms with Crippen LogP contribution in [0.15, 0.2) is 24.3 Å². The predicted octanol–water partition coefficient (Wildman–Crippen LogP) is 7.42. The molecule has 11 atom stereocenters. The Morgan fingerprint density at radius 2 is 1.56 bits per heavy atom. The summed E-state index contributed by atoms with van der Waals surface area (Å²) >= 11 is 0. The number of hydrogen-bond donors (Lipinski definition) is 3. The second-order valence-electron chi connectivity index (χ2n) is 13.9. The van der Waals surface area contributed by atoms with Gasteiger partial charge in [-0.15, -0.1) is 13.2 Å². The molecule has 220 valence electrons. The smallest absolute Gasteiger partial charge is 0.405 e. The normalized spacial score (nSPS) is 41.7. The van der Waals surface area contributed by atoms with E-state index in [4.69, 9.17) is 0 Å². The molecule has 3 N–H and O–H groups in total. The second-order valence-corrected chi connectivity index (χ2v) is 13.9. The van der Waals surface area contributed by atoms with Crippen LogP contribution in [0.2, 0.25) is 0 Å². The fraction of sp³-hybridized carbons (Fsp3) is 0.812. The van der Waals surface area contributed by atoms with Crippen LogP contribution in [0.25, 0.3) is 0 Å². The van der Waals surface area contributed by atoms with Crippen LogP contribution in [0.4, 0.5) is 13.2 Å². The molecule has 0 saturated heterocycles. The van der Waals surface area contributed by atoms with Crippen LogP contribution >= 0.6 is 0 Å². The monoisotopic (exact) mass is 552 g/mol. The van der Waals surface area contributed by atoms with E-state index in [2.05, 4.69) is 25.5 Å². The lowest BCUT2D eigenvalue weighted by atomic mass is 9.44. The quantitative estimate of drug-likeness (QED) is 0.329. The zero-order chi connectivity index (χ0) is 28.2. The zero-order valence-corrected chi connectivity index (χ0v) is 23.7. The fourth-order valence-corrected chi connectivity index (χ4v) is 10.3. The van der Waals surface area contributed by atoms with Gasteiger partial charge in [0.1, 0.15) is 5.75 Å². The van der Waals surface area contributed by atoms with Crippen LogP contribution in [0.3, 0.4) is 0 Å². The van der Waals surface area contributed by atoms with Crippen molar-refractivity contribution in [2.45, 2.75) is 116 Å². The summed E-state index contributed by atoms with van der Waals surface area (Å²) in [4.78, 5) is 0. The maximum Gasteiger partial charge on any atom is 0.573 e. The third-order valence-corrected chi connectivity index (χ3v) is 12.1. The highest BCUT2D eigenvalue weighted by molar-refractivity contribution is 5.35. The molecule has 2 unspecified atom stereocenters. The summed E-state index contributed by atoms with van der Waals surface area (Å²) in [7, 11) is 0. The van der Waals surface area contributed by atoms with Crippen molar-refractivity contribution in [3.05, 3.63) is 29.8 Å². The maximum absolute atomic E-state index is 12.8. The molecule has 4 aliphatic rings. The van der Waals surface area contributed by atoms with Crippen LogP contribution in [0, 0.1) is 46.3 Å². The number of aliphatic hydroxyl groups excluding tert-OH is 3. The first kappa shape index (κ1) is 29.2. The van der Waals surface area contributed by atoms with Crippen molar-refractivity contribution in [2.24, 2.45) is 46.3 Å². The van der Waals surface area contributed by atoms with Crippen molar-refractivity contribution in [3.63, 3.8) is 0 Å². The minimum atomic E-state index is -4.79. The van der Waals surface area contributed by atoms with Gasteiger partial charge in [-0.05, 0) is 110 Å². The van der Waals surface area contributed by atoms with E-state index >= 15 is 0 Å². The number of hydrogen-bond acceptors (Lipinski definition) is 4. The van der Waals surface area contributed by atoms with Crippen molar-refractivity contribution in [3.8, 4) is 5.75 Å². The Bertz CT molecular complexity index is 1000. The molecule has 0 aromatic heterocycles.